The van der Waals surface area contributed by atoms with Crippen molar-refractivity contribution in [3.05, 3.63) is 30.1 Å². The van der Waals surface area contributed by atoms with Crippen LogP contribution in [0.2, 0.25) is 0 Å². The molecule has 7 nitrogen and oxygen atoms in total. The van der Waals surface area contributed by atoms with Crippen LogP contribution in [0.4, 0.5) is 14.7 Å². The first-order chi connectivity index (χ1) is 9.60. The lowest BCUT2D eigenvalue weighted by Crippen LogP contribution is -2.13. The van der Waals surface area contributed by atoms with Crippen LogP contribution in [0.1, 0.15) is 10.4 Å². The highest BCUT2D eigenvalue weighted by atomic mass is 19.3. The molecule has 1 aromatic heterocycles. The van der Waals surface area contributed by atoms with E-state index in [1.54, 1.807) is 0 Å². The van der Waals surface area contributed by atoms with E-state index in [0.29, 0.717) is 0 Å². The quantitative estimate of drug-likeness (QED) is 0.871. The molecule has 0 aliphatic rings. The number of carbonyl (C=O) groups is 1. The van der Waals surface area contributed by atoms with Crippen molar-refractivity contribution in [3.63, 3.8) is 0 Å². The van der Waals surface area contributed by atoms with Gasteiger partial charge in [0.05, 0.1) is 7.11 Å². The predicted octanol–water partition coefficient (Wildman–Crippen LogP) is 1.67. The molecule has 1 aromatic carbocycles. The highest BCUT2D eigenvalue weighted by Gasteiger charge is 2.14. The number of hydrogen-bond acceptors (Lipinski definition) is 5. The molecule has 1 heterocycles. The topological polar surface area (TPSA) is 89.1 Å². The fourth-order valence-electron chi connectivity index (χ4n) is 1.45. The SMILES string of the molecule is COc1cc(C(=O)Nc2ncn[nH]2)ccc1OC(F)F. The zero-order valence-corrected chi connectivity index (χ0v) is 10.3. The number of amides is 1. The lowest BCUT2D eigenvalue weighted by molar-refractivity contribution is -0.0512. The van der Waals surface area contributed by atoms with Gasteiger partial charge in [-0.1, -0.05) is 0 Å². The zero-order valence-electron chi connectivity index (χ0n) is 10.3. The van der Waals surface area contributed by atoms with Gasteiger partial charge in [0.2, 0.25) is 5.95 Å². The van der Waals surface area contributed by atoms with Crippen molar-refractivity contribution >= 4 is 11.9 Å². The maximum absolute atomic E-state index is 12.2. The number of aromatic nitrogens is 3. The molecule has 2 N–H and O–H groups in total. The van der Waals surface area contributed by atoms with Crippen LogP contribution in [0.5, 0.6) is 11.5 Å². The zero-order chi connectivity index (χ0) is 14.5. The highest BCUT2D eigenvalue weighted by Crippen LogP contribution is 2.29. The van der Waals surface area contributed by atoms with Crippen molar-refractivity contribution in [2.45, 2.75) is 6.61 Å². The maximum atomic E-state index is 12.2. The summed E-state index contributed by atoms with van der Waals surface area (Å²) in [7, 11) is 1.28. The molecule has 0 fully saturated rings. The van der Waals surface area contributed by atoms with Crippen molar-refractivity contribution in [3.8, 4) is 11.5 Å². The number of H-pyrrole nitrogens is 1. The van der Waals surface area contributed by atoms with Gasteiger partial charge < -0.3 is 9.47 Å². The molecule has 0 bridgehead atoms. The molecule has 20 heavy (non-hydrogen) atoms. The number of carbonyl (C=O) groups excluding carboxylic acids is 1. The second-order valence-electron chi connectivity index (χ2n) is 3.53. The van der Waals surface area contributed by atoms with Crippen LogP contribution in [0.3, 0.4) is 0 Å². The van der Waals surface area contributed by atoms with E-state index in [-0.39, 0.29) is 23.0 Å². The molecule has 2 aromatic rings. The smallest absolute Gasteiger partial charge is 0.387 e. The third kappa shape index (κ3) is 3.19. The Labute approximate surface area is 111 Å². The second-order valence-corrected chi connectivity index (χ2v) is 3.53. The number of aromatic amines is 1. The Balaban J connectivity index is 2.18. The Kier molecular flexibility index (Phi) is 4.08. The van der Waals surface area contributed by atoms with Crippen LogP contribution < -0.4 is 14.8 Å². The maximum Gasteiger partial charge on any atom is 0.387 e. The number of alkyl halides is 2. The Morgan fingerprint density at radius 3 is 2.80 bits per heavy atom. The molecule has 9 heteroatoms. The summed E-state index contributed by atoms with van der Waals surface area (Å²) in [5, 5.41) is 8.46. The van der Waals surface area contributed by atoms with Crippen LogP contribution in [-0.4, -0.2) is 34.8 Å². The van der Waals surface area contributed by atoms with E-state index in [1.165, 1.54) is 31.6 Å². The van der Waals surface area contributed by atoms with E-state index >= 15 is 0 Å². The van der Waals surface area contributed by atoms with E-state index in [1.807, 2.05) is 0 Å². The summed E-state index contributed by atoms with van der Waals surface area (Å²) < 4.78 is 33.5. The fourth-order valence-corrected chi connectivity index (χ4v) is 1.45. The molecule has 0 aliphatic heterocycles. The van der Waals surface area contributed by atoms with Crippen molar-refractivity contribution in [2.24, 2.45) is 0 Å². The first kappa shape index (κ1) is 13.7. The van der Waals surface area contributed by atoms with Gasteiger partial charge in [0.1, 0.15) is 6.33 Å². The summed E-state index contributed by atoms with van der Waals surface area (Å²) >= 11 is 0. The molecule has 0 atom stereocenters. The van der Waals surface area contributed by atoms with Gasteiger partial charge in [0.25, 0.3) is 5.91 Å². The summed E-state index contributed by atoms with van der Waals surface area (Å²) in [5.41, 5.74) is 0.194. The largest absolute Gasteiger partial charge is 0.493 e. The van der Waals surface area contributed by atoms with E-state index in [2.05, 4.69) is 25.2 Å². The number of nitrogens with zero attached hydrogens (tertiary/aromatic N) is 2. The Hall–Kier alpha value is -2.71. The number of ether oxygens (including phenoxy) is 2. The van der Waals surface area contributed by atoms with Crippen LogP contribution in [0.15, 0.2) is 24.5 Å². The summed E-state index contributed by atoms with van der Waals surface area (Å²) in [5.74, 6) is -0.459. The Bertz CT molecular complexity index is 589. The van der Waals surface area contributed by atoms with E-state index in [4.69, 9.17) is 4.74 Å². The molecule has 2 rings (SSSR count). The standard InChI is InChI=1S/C11H10F2N4O3/c1-19-8-4-6(2-3-7(8)20-10(12)13)9(18)16-11-14-5-15-17-11/h2-5,10H,1H3,(H2,14,15,16,17,18). The molecular formula is C11H10F2N4O3. The van der Waals surface area contributed by atoms with Gasteiger partial charge in [-0.2, -0.15) is 18.9 Å². The summed E-state index contributed by atoms with van der Waals surface area (Å²) in [6.07, 6.45) is 1.23. The molecule has 1 amide bonds. The number of rotatable bonds is 5. The first-order valence-corrected chi connectivity index (χ1v) is 5.39. The number of anilines is 1. The Morgan fingerprint density at radius 2 is 2.20 bits per heavy atom. The number of benzene rings is 1. The van der Waals surface area contributed by atoms with E-state index in [9.17, 15) is 13.6 Å². The fraction of sp³-hybridized carbons (Fsp3) is 0.182. The number of methoxy groups -OCH3 is 1. The normalized spacial score (nSPS) is 10.4. The van der Waals surface area contributed by atoms with Crippen LogP contribution in [0.25, 0.3) is 0 Å². The number of hydrogen-bond donors (Lipinski definition) is 2. The summed E-state index contributed by atoms with van der Waals surface area (Å²) in [6, 6.07) is 3.83. The van der Waals surface area contributed by atoms with E-state index in [0.717, 1.165) is 0 Å². The van der Waals surface area contributed by atoms with Gasteiger partial charge >= 0.3 is 6.61 Å². The third-order valence-corrected chi connectivity index (χ3v) is 2.29. The predicted molar refractivity (Wildman–Crippen MR) is 64.0 cm³/mol. The van der Waals surface area contributed by atoms with Gasteiger partial charge in [0.15, 0.2) is 11.5 Å². The molecule has 0 saturated heterocycles. The molecule has 106 valence electrons. The third-order valence-electron chi connectivity index (χ3n) is 2.29. The molecule has 0 spiro atoms. The molecule has 0 radical (unpaired) electrons. The average molecular weight is 284 g/mol. The number of halogens is 2. The van der Waals surface area contributed by atoms with Crippen LogP contribution in [-0.2, 0) is 0 Å². The van der Waals surface area contributed by atoms with E-state index < -0.39 is 12.5 Å². The molecular weight excluding hydrogens is 274 g/mol. The van der Waals surface area contributed by atoms with Gasteiger partial charge in [-0.05, 0) is 18.2 Å². The summed E-state index contributed by atoms with van der Waals surface area (Å²) in [6.45, 7) is -2.97. The van der Waals surface area contributed by atoms with Crippen molar-refractivity contribution in [1.29, 1.82) is 0 Å². The van der Waals surface area contributed by atoms with Crippen LogP contribution in [0, 0.1) is 0 Å². The molecule has 0 aliphatic carbocycles. The lowest BCUT2D eigenvalue weighted by Gasteiger charge is -2.11. The highest BCUT2D eigenvalue weighted by molar-refractivity contribution is 6.03. The van der Waals surface area contributed by atoms with Crippen molar-refractivity contribution in [2.75, 3.05) is 12.4 Å². The van der Waals surface area contributed by atoms with Crippen molar-refractivity contribution < 1.29 is 23.0 Å². The minimum absolute atomic E-state index is 0.0236. The second kappa shape index (κ2) is 5.95. The summed E-state index contributed by atoms with van der Waals surface area (Å²) in [4.78, 5) is 15.6. The minimum Gasteiger partial charge on any atom is -0.493 e. The van der Waals surface area contributed by atoms with Gasteiger partial charge in [-0.25, -0.2) is 5.10 Å². The average Bonchev–Trinajstić information content (AvgIpc) is 2.91. The van der Waals surface area contributed by atoms with Gasteiger partial charge in [-0.15, -0.1) is 0 Å². The molecule has 0 saturated carbocycles. The monoisotopic (exact) mass is 284 g/mol. The van der Waals surface area contributed by atoms with Gasteiger partial charge in [0, 0.05) is 5.56 Å². The minimum atomic E-state index is -2.97. The first-order valence-electron chi connectivity index (χ1n) is 5.39. The van der Waals surface area contributed by atoms with Crippen LogP contribution >= 0.6 is 0 Å². The molecule has 0 unspecified atom stereocenters. The Morgan fingerprint density at radius 1 is 1.40 bits per heavy atom. The number of nitrogens with one attached hydrogen (secondary N) is 2. The van der Waals surface area contributed by atoms with Crippen molar-refractivity contribution in [1.82, 2.24) is 15.2 Å². The van der Waals surface area contributed by atoms with Gasteiger partial charge in [-0.3, -0.25) is 10.1 Å². The lowest BCUT2D eigenvalue weighted by atomic mass is 10.2.